The lowest BCUT2D eigenvalue weighted by Gasteiger charge is -2.25. The van der Waals surface area contributed by atoms with Crippen LogP contribution < -0.4 is 4.90 Å². The van der Waals surface area contributed by atoms with Crippen molar-refractivity contribution in [2.75, 3.05) is 25.5 Å². The van der Waals surface area contributed by atoms with Crippen LogP contribution in [0.2, 0.25) is 0 Å². The van der Waals surface area contributed by atoms with E-state index < -0.39 is 0 Å². The standard InChI is InChI=1S/C26H26N2OS/c1-21-15-17-22(18-16-21)12-9-19-28(20-23-10-5-4-6-11-23)24-13-7-8-14-25(24)30-26(29)27(2)3/h4-8,10-11,13-18H,19-20H2,1-3H3. The Morgan fingerprint density at radius 2 is 1.57 bits per heavy atom. The van der Waals surface area contributed by atoms with E-state index in [0.717, 1.165) is 22.7 Å². The van der Waals surface area contributed by atoms with E-state index in [9.17, 15) is 4.79 Å². The minimum absolute atomic E-state index is 0.00727. The van der Waals surface area contributed by atoms with Gasteiger partial charge in [-0.2, -0.15) is 0 Å². The summed E-state index contributed by atoms with van der Waals surface area (Å²) in [4.78, 5) is 17.1. The van der Waals surface area contributed by atoms with E-state index >= 15 is 0 Å². The van der Waals surface area contributed by atoms with E-state index in [4.69, 9.17) is 0 Å². The number of anilines is 1. The van der Waals surface area contributed by atoms with Crippen LogP contribution in [0.25, 0.3) is 0 Å². The molecule has 0 atom stereocenters. The number of amides is 1. The number of para-hydroxylation sites is 1. The Bertz CT molecular complexity index is 1030. The minimum Gasteiger partial charge on any atom is -0.355 e. The Kier molecular flexibility index (Phi) is 7.59. The van der Waals surface area contributed by atoms with Crippen molar-refractivity contribution in [1.29, 1.82) is 0 Å². The smallest absolute Gasteiger partial charge is 0.286 e. The van der Waals surface area contributed by atoms with Crippen LogP contribution in [0.4, 0.5) is 10.5 Å². The fraction of sp³-hybridized carbons (Fsp3) is 0.192. The molecule has 0 aliphatic rings. The molecular formula is C26H26N2OS. The lowest BCUT2D eigenvalue weighted by molar-refractivity contribution is 0.241. The van der Waals surface area contributed by atoms with Crippen LogP contribution in [0.5, 0.6) is 0 Å². The Hall–Kier alpha value is -3.16. The molecule has 0 bridgehead atoms. The van der Waals surface area contributed by atoms with Gasteiger partial charge in [-0.05, 0) is 48.5 Å². The van der Waals surface area contributed by atoms with Gasteiger partial charge in [0.2, 0.25) is 0 Å². The Morgan fingerprint density at radius 3 is 2.27 bits per heavy atom. The van der Waals surface area contributed by atoms with Gasteiger partial charge in [-0.1, -0.05) is 72.0 Å². The van der Waals surface area contributed by atoms with Crippen molar-refractivity contribution >= 4 is 22.7 Å². The van der Waals surface area contributed by atoms with Gasteiger partial charge < -0.3 is 9.80 Å². The second-order valence-electron chi connectivity index (χ2n) is 7.24. The largest absolute Gasteiger partial charge is 0.355 e. The average molecular weight is 415 g/mol. The van der Waals surface area contributed by atoms with Gasteiger partial charge in [0, 0.05) is 31.1 Å². The molecule has 0 fully saturated rings. The molecule has 0 N–H and O–H groups in total. The van der Waals surface area contributed by atoms with E-state index in [0.29, 0.717) is 6.54 Å². The number of rotatable bonds is 5. The average Bonchev–Trinajstić information content (AvgIpc) is 2.75. The number of hydrogen-bond acceptors (Lipinski definition) is 3. The molecule has 0 saturated heterocycles. The molecule has 30 heavy (non-hydrogen) atoms. The van der Waals surface area contributed by atoms with E-state index in [1.165, 1.54) is 22.9 Å². The van der Waals surface area contributed by atoms with Gasteiger partial charge >= 0.3 is 0 Å². The maximum absolute atomic E-state index is 12.3. The van der Waals surface area contributed by atoms with Crippen LogP contribution in [-0.2, 0) is 6.54 Å². The zero-order valence-corrected chi connectivity index (χ0v) is 18.4. The fourth-order valence-corrected chi connectivity index (χ4v) is 3.71. The van der Waals surface area contributed by atoms with Gasteiger partial charge in [-0.15, -0.1) is 0 Å². The van der Waals surface area contributed by atoms with Crippen molar-refractivity contribution in [3.05, 3.63) is 95.6 Å². The van der Waals surface area contributed by atoms with E-state index in [1.54, 1.807) is 19.0 Å². The predicted molar refractivity (Wildman–Crippen MR) is 127 cm³/mol. The number of thioether (sulfide) groups is 1. The first-order valence-corrected chi connectivity index (χ1v) is 10.7. The van der Waals surface area contributed by atoms with E-state index in [1.807, 2.05) is 48.5 Å². The molecule has 0 spiro atoms. The summed E-state index contributed by atoms with van der Waals surface area (Å²) >= 11 is 1.25. The SMILES string of the molecule is Cc1ccc(C#CCN(Cc2ccccc2)c2ccccc2SC(=O)N(C)C)cc1. The summed E-state index contributed by atoms with van der Waals surface area (Å²) in [5.41, 5.74) is 4.45. The molecule has 4 heteroatoms. The number of carbonyl (C=O) groups excluding carboxylic acids is 1. The van der Waals surface area contributed by atoms with Crippen LogP contribution in [0.1, 0.15) is 16.7 Å². The molecule has 3 aromatic rings. The summed E-state index contributed by atoms with van der Waals surface area (Å²) < 4.78 is 0. The summed E-state index contributed by atoms with van der Waals surface area (Å²) in [5, 5.41) is 0.00727. The van der Waals surface area contributed by atoms with Crippen molar-refractivity contribution in [3.8, 4) is 11.8 Å². The highest BCUT2D eigenvalue weighted by atomic mass is 32.2. The third-order valence-corrected chi connectivity index (χ3v) is 5.64. The van der Waals surface area contributed by atoms with E-state index in [-0.39, 0.29) is 5.24 Å². The third-order valence-electron chi connectivity index (χ3n) is 4.54. The van der Waals surface area contributed by atoms with Gasteiger partial charge in [0.15, 0.2) is 0 Å². The lowest BCUT2D eigenvalue weighted by atomic mass is 10.1. The van der Waals surface area contributed by atoms with Gasteiger partial charge in [-0.25, -0.2) is 0 Å². The number of aryl methyl sites for hydroxylation is 1. The van der Waals surface area contributed by atoms with Crippen molar-refractivity contribution in [2.24, 2.45) is 0 Å². The fourth-order valence-electron chi connectivity index (χ4n) is 2.89. The highest BCUT2D eigenvalue weighted by Gasteiger charge is 2.15. The molecule has 3 nitrogen and oxygen atoms in total. The van der Waals surface area contributed by atoms with Gasteiger partial charge in [0.05, 0.1) is 12.2 Å². The van der Waals surface area contributed by atoms with Crippen molar-refractivity contribution in [2.45, 2.75) is 18.4 Å². The molecule has 1 amide bonds. The number of carbonyl (C=O) groups is 1. The summed E-state index contributed by atoms with van der Waals surface area (Å²) in [5.74, 6) is 6.58. The molecular weight excluding hydrogens is 388 g/mol. The Balaban J connectivity index is 1.88. The van der Waals surface area contributed by atoms with Crippen LogP contribution in [0, 0.1) is 18.8 Å². The number of benzene rings is 3. The van der Waals surface area contributed by atoms with Crippen molar-refractivity contribution in [1.82, 2.24) is 4.90 Å². The van der Waals surface area contributed by atoms with Gasteiger partial charge in [0.25, 0.3) is 5.24 Å². The van der Waals surface area contributed by atoms with Crippen molar-refractivity contribution < 1.29 is 4.79 Å². The molecule has 0 saturated carbocycles. The third kappa shape index (κ3) is 6.17. The zero-order chi connectivity index (χ0) is 21.3. The summed E-state index contributed by atoms with van der Waals surface area (Å²) in [6.45, 7) is 3.36. The molecule has 0 aromatic heterocycles. The van der Waals surface area contributed by atoms with Crippen LogP contribution >= 0.6 is 11.8 Å². The molecule has 0 aliphatic carbocycles. The van der Waals surface area contributed by atoms with Crippen molar-refractivity contribution in [3.63, 3.8) is 0 Å². The Morgan fingerprint density at radius 1 is 0.900 bits per heavy atom. The second-order valence-corrected chi connectivity index (χ2v) is 8.23. The van der Waals surface area contributed by atoms with Crippen LogP contribution in [0.15, 0.2) is 83.8 Å². The molecule has 3 aromatic carbocycles. The number of nitrogens with zero attached hydrogens (tertiary/aromatic N) is 2. The first kappa shape index (κ1) is 21.5. The highest BCUT2D eigenvalue weighted by molar-refractivity contribution is 8.13. The first-order valence-electron chi connectivity index (χ1n) is 9.85. The highest BCUT2D eigenvalue weighted by Crippen LogP contribution is 2.32. The Labute approximate surface area is 183 Å². The molecule has 0 heterocycles. The van der Waals surface area contributed by atoms with Crippen LogP contribution in [0.3, 0.4) is 0 Å². The molecule has 152 valence electrons. The summed E-state index contributed by atoms with van der Waals surface area (Å²) in [6, 6.07) is 26.6. The maximum atomic E-state index is 12.3. The zero-order valence-electron chi connectivity index (χ0n) is 17.6. The topological polar surface area (TPSA) is 23.6 Å². The summed E-state index contributed by atoms with van der Waals surface area (Å²) in [6.07, 6.45) is 0. The monoisotopic (exact) mass is 414 g/mol. The molecule has 0 aliphatic heterocycles. The minimum atomic E-state index is 0.00727. The second kappa shape index (κ2) is 10.6. The normalized spacial score (nSPS) is 10.1. The first-order chi connectivity index (χ1) is 14.5. The molecule has 0 radical (unpaired) electrons. The summed E-state index contributed by atoms with van der Waals surface area (Å²) in [7, 11) is 3.54. The van der Waals surface area contributed by atoms with Gasteiger partial charge in [-0.3, -0.25) is 4.79 Å². The molecule has 3 rings (SSSR count). The lowest BCUT2D eigenvalue weighted by Crippen LogP contribution is -2.24. The van der Waals surface area contributed by atoms with Gasteiger partial charge in [0.1, 0.15) is 0 Å². The quantitative estimate of drug-likeness (QED) is 0.388. The van der Waals surface area contributed by atoms with E-state index in [2.05, 4.69) is 54.0 Å². The predicted octanol–water partition coefficient (Wildman–Crippen LogP) is 5.83. The molecule has 0 unspecified atom stereocenters. The van der Waals surface area contributed by atoms with Crippen LogP contribution in [-0.4, -0.2) is 30.8 Å². The maximum Gasteiger partial charge on any atom is 0.286 e. The number of hydrogen-bond donors (Lipinski definition) is 0.